The molecule has 1 unspecified atom stereocenters. The summed E-state index contributed by atoms with van der Waals surface area (Å²) >= 11 is 0. The van der Waals surface area contributed by atoms with Gasteiger partial charge in [0.25, 0.3) is 0 Å². The third-order valence-corrected chi connectivity index (χ3v) is 5.11. The van der Waals surface area contributed by atoms with Crippen molar-refractivity contribution in [3.8, 4) is 0 Å². The molecule has 0 saturated carbocycles. The molecule has 2 amide bonds. The van der Waals surface area contributed by atoms with Crippen LogP contribution in [0.5, 0.6) is 0 Å². The third-order valence-electron chi connectivity index (χ3n) is 5.11. The molecule has 1 aromatic carbocycles. The molecule has 1 N–H and O–H groups in total. The predicted molar refractivity (Wildman–Crippen MR) is 102 cm³/mol. The van der Waals surface area contributed by atoms with Gasteiger partial charge in [-0.3, -0.25) is 9.59 Å². The van der Waals surface area contributed by atoms with Gasteiger partial charge < -0.3 is 19.9 Å². The number of piperidine rings is 1. The summed E-state index contributed by atoms with van der Waals surface area (Å²) in [6.45, 7) is 8.40. The Morgan fingerprint density at radius 2 is 1.81 bits per heavy atom. The van der Waals surface area contributed by atoms with Crippen LogP contribution in [0.2, 0.25) is 0 Å². The second kappa shape index (κ2) is 8.54. The van der Waals surface area contributed by atoms with E-state index >= 15 is 0 Å². The van der Waals surface area contributed by atoms with E-state index in [1.165, 1.54) is 0 Å². The smallest absolute Gasteiger partial charge is 0.229 e. The zero-order valence-corrected chi connectivity index (χ0v) is 15.7. The second-order valence-electron chi connectivity index (χ2n) is 7.41. The highest BCUT2D eigenvalue weighted by Gasteiger charge is 2.29. The third kappa shape index (κ3) is 4.55. The van der Waals surface area contributed by atoms with E-state index in [-0.39, 0.29) is 23.7 Å². The highest BCUT2D eigenvalue weighted by atomic mass is 16.5. The van der Waals surface area contributed by atoms with E-state index in [1.54, 1.807) is 0 Å². The van der Waals surface area contributed by atoms with Crippen LogP contribution in [0.1, 0.15) is 26.7 Å². The van der Waals surface area contributed by atoms with Crippen LogP contribution < -0.4 is 10.2 Å². The van der Waals surface area contributed by atoms with Crippen molar-refractivity contribution >= 4 is 23.2 Å². The van der Waals surface area contributed by atoms with Gasteiger partial charge in [0, 0.05) is 43.5 Å². The fourth-order valence-corrected chi connectivity index (χ4v) is 3.58. The van der Waals surface area contributed by atoms with E-state index in [2.05, 4.69) is 10.2 Å². The van der Waals surface area contributed by atoms with Gasteiger partial charge >= 0.3 is 0 Å². The minimum Gasteiger partial charge on any atom is -0.378 e. The van der Waals surface area contributed by atoms with Gasteiger partial charge in [-0.1, -0.05) is 13.8 Å². The van der Waals surface area contributed by atoms with E-state index in [9.17, 15) is 9.59 Å². The van der Waals surface area contributed by atoms with Crippen LogP contribution in [0.3, 0.4) is 0 Å². The number of nitrogens with zero attached hydrogens (tertiary/aromatic N) is 2. The monoisotopic (exact) mass is 359 g/mol. The lowest BCUT2D eigenvalue weighted by atomic mass is 9.96. The zero-order chi connectivity index (χ0) is 18.5. The number of morpholine rings is 1. The van der Waals surface area contributed by atoms with Gasteiger partial charge in [0.15, 0.2) is 0 Å². The number of hydrogen-bond donors (Lipinski definition) is 1. The predicted octanol–water partition coefficient (Wildman–Crippen LogP) is 2.36. The van der Waals surface area contributed by atoms with Crippen molar-refractivity contribution in [2.75, 3.05) is 49.6 Å². The summed E-state index contributed by atoms with van der Waals surface area (Å²) in [4.78, 5) is 28.9. The molecule has 0 radical (unpaired) electrons. The molecule has 2 fully saturated rings. The number of nitrogens with one attached hydrogen (secondary N) is 1. The molecule has 1 atom stereocenters. The summed E-state index contributed by atoms with van der Waals surface area (Å²) in [6.07, 6.45) is 1.71. The number of benzene rings is 1. The Labute approximate surface area is 155 Å². The number of hydrogen-bond acceptors (Lipinski definition) is 4. The largest absolute Gasteiger partial charge is 0.378 e. The lowest BCUT2D eigenvalue weighted by Gasteiger charge is -2.33. The number of rotatable bonds is 4. The van der Waals surface area contributed by atoms with E-state index < -0.39 is 0 Å². The molecule has 0 spiro atoms. The Kier molecular flexibility index (Phi) is 6.14. The number of anilines is 2. The van der Waals surface area contributed by atoms with E-state index in [0.29, 0.717) is 6.54 Å². The molecule has 142 valence electrons. The molecule has 2 aliphatic heterocycles. The Morgan fingerprint density at radius 3 is 2.46 bits per heavy atom. The average Bonchev–Trinajstić information content (AvgIpc) is 2.68. The molecular weight excluding hydrogens is 330 g/mol. The molecule has 6 nitrogen and oxygen atoms in total. The molecule has 1 aromatic rings. The number of amides is 2. The average molecular weight is 359 g/mol. The molecule has 0 aromatic heterocycles. The summed E-state index contributed by atoms with van der Waals surface area (Å²) < 4.78 is 5.38. The molecule has 0 aliphatic carbocycles. The highest BCUT2D eigenvalue weighted by Crippen LogP contribution is 2.22. The first kappa shape index (κ1) is 18.7. The van der Waals surface area contributed by atoms with Crippen molar-refractivity contribution in [2.45, 2.75) is 26.7 Å². The summed E-state index contributed by atoms with van der Waals surface area (Å²) in [7, 11) is 0. The van der Waals surface area contributed by atoms with Crippen LogP contribution in [0.25, 0.3) is 0 Å². The van der Waals surface area contributed by atoms with Gasteiger partial charge in [0.05, 0.1) is 19.1 Å². The summed E-state index contributed by atoms with van der Waals surface area (Å²) in [5.41, 5.74) is 1.96. The van der Waals surface area contributed by atoms with E-state index in [4.69, 9.17) is 4.74 Å². The maximum atomic E-state index is 12.6. The SMILES string of the molecule is CC(C)C(=O)N1CCCC(C(=O)Nc2ccc(N3CCOCC3)cc2)C1. The number of carbonyl (C=O) groups is 2. The minimum atomic E-state index is -0.134. The van der Waals surface area contributed by atoms with Gasteiger partial charge in [-0.2, -0.15) is 0 Å². The van der Waals surface area contributed by atoms with Gasteiger partial charge in [-0.05, 0) is 37.1 Å². The van der Waals surface area contributed by atoms with Crippen LogP contribution in [0.4, 0.5) is 11.4 Å². The van der Waals surface area contributed by atoms with Crippen LogP contribution in [-0.4, -0.2) is 56.1 Å². The summed E-state index contributed by atoms with van der Waals surface area (Å²) in [6, 6.07) is 7.97. The summed E-state index contributed by atoms with van der Waals surface area (Å²) in [5.74, 6) is -0.0161. The number of likely N-dealkylation sites (tertiary alicyclic amines) is 1. The molecular formula is C20H29N3O3. The molecule has 3 rings (SSSR count). The first-order valence-corrected chi connectivity index (χ1v) is 9.57. The maximum absolute atomic E-state index is 12.6. The highest BCUT2D eigenvalue weighted by molar-refractivity contribution is 5.93. The Bertz CT molecular complexity index is 624. The topological polar surface area (TPSA) is 61.9 Å². The standard InChI is InChI=1S/C20H29N3O3/c1-15(2)20(25)23-9-3-4-16(14-23)19(24)21-17-5-7-18(8-6-17)22-10-12-26-13-11-22/h5-8,15-16H,3-4,9-14H2,1-2H3,(H,21,24). The van der Waals surface area contributed by atoms with Crippen molar-refractivity contribution in [2.24, 2.45) is 11.8 Å². The fraction of sp³-hybridized carbons (Fsp3) is 0.600. The second-order valence-corrected chi connectivity index (χ2v) is 7.41. The van der Waals surface area contributed by atoms with Crippen LogP contribution in [-0.2, 0) is 14.3 Å². The molecule has 2 saturated heterocycles. The normalized spacial score (nSPS) is 21.0. The van der Waals surface area contributed by atoms with Crippen molar-refractivity contribution in [3.63, 3.8) is 0 Å². The number of ether oxygens (including phenoxy) is 1. The van der Waals surface area contributed by atoms with Crippen molar-refractivity contribution < 1.29 is 14.3 Å². The molecule has 2 heterocycles. The quantitative estimate of drug-likeness (QED) is 0.896. The molecule has 26 heavy (non-hydrogen) atoms. The van der Waals surface area contributed by atoms with Crippen molar-refractivity contribution in [1.82, 2.24) is 4.90 Å². The van der Waals surface area contributed by atoms with E-state index in [0.717, 1.165) is 57.1 Å². The zero-order valence-electron chi connectivity index (χ0n) is 15.7. The van der Waals surface area contributed by atoms with Gasteiger partial charge in [-0.25, -0.2) is 0 Å². The Balaban J connectivity index is 1.56. The lowest BCUT2D eigenvalue weighted by Crippen LogP contribution is -2.45. The van der Waals surface area contributed by atoms with E-state index in [1.807, 2.05) is 43.0 Å². The maximum Gasteiger partial charge on any atom is 0.229 e. The van der Waals surface area contributed by atoms with Gasteiger partial charge in [0.1, 0.15) is 0 Å². The van der Waals surface area contributed by atoms with Crippen LogP contribution in [0, 0.1) is 11.8 Å². The Morgan fingerprint density at radius 1 is 1.12 bits per heavy atom. The lowest BCUT2D eigenvalue weighted by molar-refractivity contribution is -0.137. The summed E-state index contributed by atoms with van der Waals surface area (Å²) in [5, 5.41) is 3.01. The van der Waals surface area contributed by atoms with Gasteiger partial charge in [-0.15, -0.1) is 0 Å². The van der Waals surface area contributed by atoms with Crippen LogP contribution >= 0.6 is 0 Å². The fourth-order valence-electron chi connectivity index (χ4n) is 3.58. The first-order chi connectivity index (χ1) is 12.5. The first-order valence-electron chi connectivity index (χ1n) is 9.57. The Hall–Kier alpha value is -2.08. The number of carbonyl (C=O) groups excluding carboxylic acids is 2. The van der Waals surface area contributed by atoms with Crippen LogP contribution in [0.15, 0.2) is 24.3 Å². The minimum absolute atomic E-state index is 0.00498. The molecule has 6 heteroatoms. The van der Waals surface area contributed by atoms with Crippen molar-refractivity contribution in [3.05, 3.63) is 24.3 Å². The molecule has 0 bridgehead atoms. The molecule has 2 aliphatic rings. The van der Waals surface area contributed by atoms with Crippen molar-refractivity contribution in [1.29, 1.82) is 0 Å². The van der Waals surface area contributed by atoms with Gasteiger partial charge in [0.2, 0.25) is 11.8 Å².